The Kier molecular flexibility index (Phi) is 5.77. The standard InChI is InChI=1S/C18H26N2O3/c1-13(2)15-10-20(11-16(15)18(22)23)17(21)12-19(3)9-14-7-5-4-6-8-14/h4-8,13,15-16H,9-12H2,1-3H3,(H,22,23)/t15-,16+/m1/s1. The first-order valence-electron chi connectivity index (χ1n) is 8.11. The van der Waals surface area contributed by atoms with Crippen molar-refractivity contribution in [2.75, 3.05) is 26.7 Å². The number of nitrogens with zero attached hydrogens (tertiary/aromatic N) is 2. The van der Waals surface area contributed by atoms with Crippen molar-refractivity contribution >= 4 is 11.9 Å². The molecular formula is C18H26N2O3. The van der Waals surface area contributed by atoms with Crippen LogP contribution in [-0.2, 0) is 16.1 Å². The molecule has 0 bridgehead atoms. The highest BCUT2D eigenvalue weighted by atomic mass is 16.4. The lowest BCUT2D eigenvalue weighted by atomic mass is 9.86. The summed E-state index contributed by atoms with van der Waals surface area (Å²) in [6.07, 6.45) is 0. The van der Waals surface area contributed by atoms with E-state index in [0.29, 0.717) is 26.2 Å². The van der Waals surface area contributed by atoms with Crippen LogP contribution < -0.4 is 0 Å². The van der Waals surface area contributed by atoms with E-state index >= 15 is 0 Å². The van der Waals surface area contributed by atoms with Crippen LogP contribution in [0, 0.1) is 17.8 Å². The van der Waals surface area contributed by atoms with Gasteiger partial charge >= 0.3 is 5.97 Å². The molecule has 1 heterocycles. The SMILES string of the molecule is CC(C)[C@H]1CN(C(=O)CN(C)Cc2ccccc2)C[C@@H]1C(=O)O. The van der Waals surface area contributed by atoms with Crippen LogP contribution in [-0.4, -0.2) is 53.5 Å². The molecule has 1 aliphatic heterocycles. The number of carboxylic acids is 1. The molecule has 1 N–H and O–H groups in total. The fourth-order valence-corrected chi connectivity index (χ4v) is 3.25. The van der Waals surface area contributed by atoms with Crippen molar-refractivity contribution in [1.29, 1.82) is 0 Å². The Labute approximate surface area is 137 Å². The summed E-state index contributed by atoms with van der Waals surface area (Å²) in [4.78, 5) is 27.6. The van der Waals surface area contributed by atoms with Crippen molar-refractivity contribution < 1.29 is 14.7 Å². The van der Waals surface area contributed by atoms with Gasteiger partial charge < -0.3 is 10.0 Å². The third-order valence-electron chi connectivity index (χ3n) is 4.59. The lowest BCUT2D eigenvalue weighted by Gasteiger charge is -2.22. The van der Waals surface area contributed by atoms with Crippen molar-refractivity contribution in [3.63, 3.8) is 0 Å². The zero-order valence-corrected chi connectivity index (χ0v) is 14.1. The van der Waals surface area contributed by atoms with Crippen LogP contribution in [0.1, 0.15) is 19.4 Å². The van der Waals surface area contributed by atoms with E-state index in [4.69, 9.17) is 0 Å². The minimum absolute atomic E-state index is 0.0119. The van der Waals surface area contributed by atoms with Gasteiger partial charge in [0, 0.05) is 19.6 Å². The van der Waals surface area contributed by atoms with Crippen LogP contribution in [0.25, 0.3) is 0 Å². The van der Waals surface area contributed by atoms with E-state index in [1.165, 1.54) is 0 Å². The van der Waals surface area contributed by atoms with E-state index in [1.807, 2.05) is 56.1 Å². The lowest BCUT2D eigenvalue weighted by Crippen LogP contribution is -2.38. The maximum atomic E-state index is 12.5. The van der Waals surface area contributed by atoms with Gasteiger partial charge in [-0.3, -0.25) is 14.5 Å². The number of carboxylic acid groups (broad SMARTS) is 1. The van der Waals surface area contributed by atoms with Gasteiger partial charge in [0.15, 0.2) is 0 Å². The van der Waals surface area contributed by atoms with Gasteiger partial charge in [0.25, 0.3) is 0 Å². The lowest BCUT2D eigenvalue weighted by molar-refractivity contribution is -0.143. The maximum absolute atomic E-state index is 12.5. The van der Waals surface area contributed by atoms with E-state index < -0.39 is 11.9 Å². The highest BCUT2D eigenvalue weighted by molar-refractivity contribution is 5.80. The van der Waals surface area contributed by atoms with Crippen LogP contribution in [0.5, 0.6) is 0 Å². The van der Waals surface area contributed by atoms with Gasteiger partial charge in [-0.15, -0.1) is 0 Å². The van der Waals surface area contributed by atoms with Crippen molar-refractivity contribution in [1.82, 2.24) is 9.80 Å². The second-order valence-electron chi connectivity index (χ2n) is 6.81. The summed E-state index contributed by atoms with van der Waals surface area (Å²) in [6.45, 7) is 5.94. The molecule has 0 spiro atoms. The Bertz CT molecular complexity index is 544. The monoisotopic (exact) mass is 318 g/mol. The fraction of sp³-hybridized carbons (Fsp3) is 0.556. The molecule has 0 saturated carbocycles. The number of aliphatic carboxylic acids is 1. The summed E-state index contributed by atoms with van der Waals surface area (Å²) in [7, 11) is 1.91. The second-order valence-corrected chi connectivity index (χ2v) is 6.81. The van der Waals surface area contributed by atoms with Gasteiger partial charge in [-0.1, -0.05) is 44.2 Å². The third-order valence-corrected chi connectivity index (χ3v) is 4.59. The number of likely N-dealkylation sites (tertiary alicyclic amines) is 1. The Balaban J connectivity index is 1.92. The summed E-state index contributed by atoms with van der Waals surface area (Å²) < 4.78 is 0. The number of carbonyl (C=O) groups excluding carboxylic acids is 1. The van der Waals surface area contributed by atoms with E-state index in [0.717, 1.165) is 5.56 Å². The first-order chi connectivity index (χ1) is 10.9. The highest BCUT2D eigenvalue weighted by Gasteiger charge is 2.40. The van der Waals surface area contributed by atoms with Gasteiger partial charge in [-0.2, -0.15) is 0 Å². The molecule has 2 atom stereocenters. The Morgan fingerprint density at radius 3 is 2.43 bits per heavy atom. The van der Waals surface area contributed by atoms with Gasteiger partial charge in [0.2, 0.25) is 5.91 Å². The van der Waals surface area contributed by atoms with E-state index in [9.17, 15) is 14.7 Å². The topological polar surface area (TPSA) is 60.9 Å². The number of carbonyl (C=O) groups is 2. The zero-order chi connectivity index (χ0) is 17.0. The van der Waals surface area contributed by atoms with Gasteiger partial charge in [-0.05, 0) is 24.4 Å². The first kappa shape index (κ1) is 17.5. The number of amides is 1. The van der Waals surface area contributed by atoms with Crippen LogP contribution in [0.4, 0.5) is 0 Å². The molecule has 1 aromatic rings. The molecule has 0 aromatic heterocycles. The number of benzene rings is 1. The minimum atomic E-state index is -0.795. The van der Waals surface area contributed by atoms with Gasteiger partial charge in [-0.25, -0.2) is 0 Å². The fourth-order valence-electron chi connectivity index (χ4n) is 3.25. The predicted octanol–water partition coefficient (Wildman–Crippen LogP) is 1.93. The largest absolute Gasteiger partial charge is 0.481 e. The van der Waals surface area contributed by atoms with Gasteiger partial charge in [0.05, 0.1) is 12.5 Å². The van der Waals surface area contributed by atoms with E-state index in [1.54, 1.807) is 4.90 Å². The molecule has 0 radical (unpaired) electrons. The molecule has 0 unspecified atom stereocenters. The molecule has 5 nitrogen and oxygen atoms in total. The molecule has 2 rings (SSSR count). The summed E-state index contributed by atoms with van der Waals surface area (Å²) in [6, 6.07) is 10.0. The molecule has 23 heavy (non-hydrogen) atoms. The van der Waals surface area contributed by atoms with Crippen molar-refractivity contribution in [3.8, 4) is 0 Å². The minimum Gasteiger partial charge on any atom is -0.481 e. The van der Waals surface area contributed by atoms with Crippen molar-refractivity contribution in [3.05, 3.63) is 35.9 Å². The normalized spacial score (nSPS) is 21.2. The molecular weight excluding hydrogens is 292 g/mol. The zero-order valence-electron chi connectivity index (χ0n) is 14.1. The maximum Gasteiger partial charge on any atom is 0.308 e. The number of rotatable bonds is 6. The summed E-state index contributed by atoms with van der Waals surface area (Å²) >= 11 is 0. The second kappa shape index (κ2) is 7.59. The molecule has 1 aromatic carbocycles. The number of likely N-dealkylation sites (N-methyl/N-ethyl adjacent to an activating group) is 1. The summed E-state index contributed by atoms with van der Waals surface area (Å²) in [5.41, 5.74) is 1.16. The molecule has 126 valence electrons. The van der Waals surface area contributed by atoms with E-state index in [2.05, 4.69) is 0 Å². The van der Waals surface area contributed by atoms with Gasteiger partial charge in [0.1, 0.15) is 0 Å². The van der Waals surface area contributed by atoms with Crippen LogP contribution in [0.15, 0.2) is 30.3 Å². The molecule has 1 saturated heterocycles. The molecule has 1 amide bonds. The molecule has 1 aliphatic rings. The third kappa shape index (κ3) is 4.55. The average molecular weight is 318 g/mol. The van der Waals surface area contributed by atoms with Crippen LogP contribution in [0.2, 0.25) is 0 Å². The number of hydrogen-bond acceptors (Lipinski definition) is 3. The Morgan fingerprint density at radius 2 is 1.91 bits per heavy atom. The number of hydrogen-bond donors (Lipinski definition) is 1. The van der Waals surface area contributed by atoms with Crippen LogP contribution >= 0.6 is 0 Å². The Morgan fingerprint density at radius 1 is 1.26 bits per heavy atom. The molecule has 5 heteroatoms. The average Bonchev–Trinajstić information content (AvgIpc) is 2.93. The Hall–Kier alpha value is -1.88. The quantitative estimate of drug-likeness (QED) is 0.871. The van der Waals surface area contributed by atoms with Crippen molar-refractivity contribution in [2.45, 2.75) is 20.4 Å². The van der Waals surface area contributed by atoms with Crippen molar-refractivity contribution in [2.24, 2.45) is 17.8 Å². The predicted molar refractivity (Wildman–Crippen MR) is 88.8 cm³/mol. The van der Waals surface area contributed by atoms with E-state index in [-0.39, 0.29) is 17.7 Å². The van der Waals surface area contributed by atoms with Crippen LogP contribution in [0.3, 0.4) is 0 Å². The summed E-state index contributed by atoms with van der Waals surface area (Å²) in [5.74, 6) is -0.931. The molecule has 0 aliphatic carbocycles. The smallest absolute Gasteiger partial charge is 0.308 e. The highest BCUT2D eigenvalue weighted by Crippen LogP contribution is 2.30. The summed E-state index contributed by atoms with van der Waals surface area (Å²) in [5, 5.41) is 9.36. The molecule has 1 fully saturated rings. The first-order valence-corrected chi connectivity index (χ1v) is 8.11.